The van der Waals surface area contributed by atoms with Gasteiger partial charge >= 0.3 is 0 Å². The first-order valence-electron chi connectivity index (χ1n) is 12.2. The summed E-state index contributed by atoms with van der Waals surface area (Å²) >= 11 is 0. The number of rotatable bonds is 5. The Kier molecular flexibility index (Phi) is 6.75. The number of hydrogen-bond acceptors (Lipinski definition) is 5. The molecule has 0 saturated carbocycles. The Bertz CT molecular complexity index is 944. The van der Waals surface area contributed by atoms with Crippen LogP contribution in [0.5, 0.6) is 11.5 Å². The van der Waals surface area contributed by atoms with E-state index in [9.17, 15) is 0 Å². The molecule has 170 valence electrons. The van der Waals surface area contributed by atoms with Crippen molar-refractivity contribution in [3.05, 3.63) is 59.4 Å². The topological polar surface area (TPSA) is 37.8 Å². The fourth-order valence-electron chi connectivity index (χ4n) is 5.46. The number of nitrogens with zero attached hydrogens (tertiary/aromatic N) is 3. The molecule has 0 N–H and O–H groups in total. The van der Waals surface area contributed by atoms with E-state index in [1.807, 2.05) is 24.4 Å². The average Bonchev–Trinajstić information content (AvgIpc) is 3.01. The van der Waals surface area contributed by atoms with Gasteiger partial charge in [0, 0.05) is 29.9 Å². The van der Waals surface area contributed by atoms with E-state index >= 15 is 0 Å². The number of likely N-dealkylation sites (tertiary alicyclic amines) is 2. The summed E-state index contributed by atoms with van der Waals surface area (Å²) in [6.45, 7) is 6.67. The normalized spacial score (nSPS) is 21.5. The summed E-state index contributed by atoms with van der Waals surface area (Å²) < 4.78 is 11.6. The molecule has 5 rings (SSSR count). The quantitative estimate of drug-likeness (QED) is 0.680. The first kappa shape index (κ1) is 21.5. The van der Waals surface area contributed by atoms with E-state index in [0.29, 0.717) is 6.61 Å². The van der Waals surface area contributed by atoms with E-state index < -0.39 is 0 Å². The van der Waals surface area contributed by atoms with E-state index in [2.05, 4.69) is 33.0 Å². The molecule has 1 aromatic carbocycles. The highest BCUT2D eigenvalue weighted by molar-refractivity contribution is 5.85. The van der Waals surface area contributed by atoms with Crippen LogP contribution in [0.25, 0.3) is 5.57 Å². The lowest BCUT2D eigenvalue weighted by atomic mass is 9.95. The molecule has 2 fully saturated rings. The zero-order valence-corrected chi connectivity index (χ0v) is 19.3. The molecule has 0 unspecified atom stereocenters. The van der Waals surface area contributed by atoms with Crippen molar-refractivity contribution in [3.63, 3.8) is 0 Å². The fraction of sp³-hybridized carbons (Fsp3) is 0.519. The van der Waals surface area contributed by atoms with Gasteiger partial charge in [-0.2, -0.15) is 0 Å². The molecule has 0 radical (unpaired) electrons. The van der Waals surface area contributed by atoms with E-state index in [1.165, 1.54) is 69.4 Å². The Hall–Kier alpha value is -2.37. The van der Waals surface area contributed by atoms with Crippen LogP contribution in [0.15, 0.2) is 42.6 Å². The Morgan fingerprint density at radius 1 is 1.06 bits per heavy atom. The van der Waals surface area contributed by atoms with Gasteiger partial charge in [-0.25, -0.2) is 0 Å². The van der Waals surface area contributed by atoms with Gasteiger partial charge in [0.25, 0.3) is 0 Å². The van der Waals surface area contributed by atoms with Crippen LogP contribution in [0, 0.1) is 0 Å². The van der Waals surface area contributed by atoms with Crippen LogP contribution in [-0.2, 0) is 6.61 Å². The van der Waals surface area contributed by atoms with Crippen molar-refractivity contribution in [2.45, 2.75) is 51.2 Å². The van der Waals surface area contributed by atoms with Crippen LogP contribution in [-0.4, -0.2) is 60.7 Å². The van der Waals surface area contributed by atoms with Gasteiger partial charge < -0.3 is 19.3 Å². The van der Waals surface area contributed by atoms with Gasteiger partial charge in [0.1, 0.15) is 18.1 Å². The average molecular weight is 434 g/mol. The van der Waals surface area contributed by atoms with Crippen LogP contribution >= 0.6 is 0 Å². The van der Waals surface area contributed by atoms with Crippen molar-refractivity contribution in [1.82, 2.24) is 14.8 Å². The minimum absolute atomic E-state index is 0.497. The van der Waals surface area contributed by atoms with Crippen LogP contribution < -0.4 is 9.47 Å². The van der Waals surface area contributed by atoms with Crippen molar-refractivity contribution in [3.8, 4) is 11.5 Å². The largest absolute Gasteiger partial charge is 0.497 e. The molecule has 3 aliphatic rings. The third-order valence-corrected chi connectivity index (χ3v) is 7.28. The molecular weight excluding hydrogens is 398 g/mol. The molecule has 3 aliphatic heterocycles. The second kappa shape index (κ2) is 10.1. The summed E-state index contributed by atoms with van der Waals surface area (Å²) in [6.07, 6.45) is 12.1. The lowest BCUT2D eigenvalue weighted by Crippen LogP contribution is -2.46. The number of piperidine rings is 2. The molecule has 0 amide bonds. The molecule has 2 aromatic rings. The molecule has 5 nitrogen and oxygen atoms in total. The molecule has 0 spiro atoms. The predicted molar refractivity (Wildman–Crippen MR) is 128 cm³/mol. The molecule has 5 heteroatoms. The van der Waals surface area contributed by atoms with E-state index in [0.717, 1.165) is 41.8 Å². The van der Waals surface area contributed by atoms with Gasteiger partial charge in [0.15, 0.2) is 0 Å². The maximum absolute atomic E-state index is 6.10. The van der Waals surface area contributed by atoms with Crippen molar-refractivity contribution in [2.24, 2.45) is 0 Å². The molecule has 0 atom stereocenters. The van der Waals surface area contributed by atoms with Gasteiger partial charge in [-0.1, -0.05) is 18.6 Å². The fourth-order valence-corrected chi connectivity index (χ4v) is 5.46. The Labute approximate surface area is 192 Å². The highest BCUT2D eigenvalue weighted by Gasteiger charge is 2.25. The predicted octanol–water partition coefficient (Wildman–Crippen LogP) is 4.75. The van der Waals surface area contributed by atoms with Gasteiger partial charge in [-0.05, 0) is 88.1 Å². The summed E-state index contributed by atoms with van der Waals surface area (Å²) in [6, 6.07) is 11.1. The molecule has 32 heavy (non-hydrogen) atoms. The van der Waals surface area contributed by atoms with Crippen molar-refractivity contribution >= 4 is 5.57 Å². The molecule has 2 saturated heterocycles. The standard InChI is InChI=1S/C27H35N3O2/c1-31-22-9-10-27-25(19-22)23(24-7-5-13-28-26(24)20-32-27)8-6-14-29-17-11-21(12-18-29)30-15-3-2-4-16-30/h5,7-10,13,19,21H,2-4,6,11-12,14-18,20H2,1H3/b23-8+. The third-order valence-electron chi connectivity index (χ3n) is 7.28. The van der Waals surface area contributed by atoms with E-state index in [-0.39, 0.29) is 0 Å². The zero-order valence-electron chi connectivity index (χ0n) is 19.3. The van der Waals surface area contributed by atoms with Crippen molar-refractivity contribution in [1.29, 1.82) is 0 Å². The highest BCUT2D eigenvalue weighted by atomic mass is 16.5. The van der Waals surface area contributed by atoms with Gasteiger partial charge in [0.2, 0.25) is 0 Å². The Morgan fingerprint density at radius 2 is 1.91 bits per heavy atom. The summed E-state index contributed by atoms with van der Waals surface area (Å²) in [5.74, 6) is 1.75. The molecule has 0 aliphatic carbocycles. The molecule has 0 bridgehead atoms. The minimum Gasteiger partial charge on any atom is -0.497 e. The van der Waals surface area contributed by atoms with Crippen molar-refractivity contribution in [2.75, 3.05) is 39.8 Å². The van der Waals surface area contributed by atoms with Crippen LogP contribution in [0.1, 0.15) is 55.3 Å². The minimum atomic E-state index is 0.497. The van der Waals surface area contributed by atoms with Crippen LogP contribution in [0.2, 0.25) is 0 Å². The lowest BCUT2D eigenvalue weighted by Gasteiger charge is -2.40. The number of pyridine rings is 1. The first-order chi connectivity index (χ1) is 15.8. The first-order valence-corrected chi connectivity index (χ1v) is 12.2. The zero-order chi connectivity index (χ0) is 21.8. The number of methoxy groups -OCH3 is 1. The van der Waals surface area contributed by atoms with Gasteiger partial charge in [-0.3, -0.25) is 4.98 Å². The summed E-state index contributed by atoms with van der Waals surface area (Å²) in [5.41, 5.74) is 4.47. The maximum Gasteiger partial charge on any atom is 0.131 e. The van der Waals surface area contributed by atoms with Crippen LogP contribution in [0.3, 0.4) is 0 Å². The third kappa shape index (κ3) is 4.69. The summed E-state index contributed by atoms with van der Waals surface area (Å²) in [7, 11) is 1.71. The van der Waals surface area contributed by atoms with Crippen molar-refractivity contribution < 1.29 is 9.47 Å². The summed E-state index contributed by atoms with van der Waals surface area (Å²) in [5, 5.41) is 0. The smallest absolute Gasteiger partial charge is 0.131 e. The van der Waals surface area contributed by atoms with Gasteiger partial charge in [-0.15, -0.1) is 0 Å². The highest BCUT2D eigenvalue weighted by Crippen LogP contribution is 2.38. The van der Waals surface area contributed by atoms with E-state index in [4.69, 9.17) is 9.47 Å². The molecular formula is C27H35N3O2. The SMILES string of the molecule is COc1ccc2c(c1)/C(=C/CCN1CCC(N3CCCCC3)CC1)c1cccnc1CO2. The van der Waals surface area contributed by atoms with Gasteiger partial charge in [0.05, 0.1) is 12.8 Å². The monoisotopic (exact) mass is 433 g/mol. The maximum atomic E-state index is 6.10. The molecule has 1 aromatic heterocycles. The van der Waals surface area contributed by atoms with Crippen LogP contribution in [0.4, 0.5) is 0 Å². The number of ether oxygens (including phenoxy) is 2. The Morgan fingerprint density at radius 3 is 2.72 bits per heavy atom. The second-order valence-corrected chi connectivity index (χ2v) is 9.22. The number of aromatic nitrogens is 1. The number of benzene rings is 1. The lowest BCUT2D eigenvalue weighted by molar-refractivity contribution is 0.0934. The number of fused-ring (bicyclic) bond motifs is 2. The molecule has 4 heterocycles. The summed E-state index contributed by atoms with van der Waals surface area (Å²) in [4.78, 5) is 9.99. The Balaban J connectivity index is 1.28. The number of hydrogen-bond donors (Lipinski definition) is 0. The second-order valence-electron chi connectivity index (χ2n) is 9.22. The van der Waals surface area contributed by atoms with E-state index in [1.54, 1.807) is 7.11 Å².